The van der Waals surface area contributed by atoms with Gasteiger partial charge < -0.3 is 14.8 Å². The van der Waals surface area contributed by atoms with Crippen molar-refractivity contribution < 1.29 is 14.3 Å². The molecule has 0 saturated heterocycles. The van der Waals surface area contributed by atoms with Crippen LogP contribution in [0.25, 0.3) is 11.4 Å². The first-order valence-electron chi connectivity index (χ1n) is 10.2. The topological polar surface area (TPSA) is 78.3 Å². The van der Waals surface area contributed by atoms with Crippen molar-refractivity contribution in [3.05, 3.63) is 59.4 Å². The highest BCUT2D eigenvalue weighted by Gasteiger charge is 2.22. The molecule has 30 heavy (non-hydrogen) atoms. The molecule has 0 saturated carbocycles. The monoisotopic (exact) mass is 406 g/mol. The Morgan fingerprint density at radius 3 is 2.57 bits per heavy atom. The van der Waals surface area contributed by atoms with Crippen molar-refractivity contribution in [2.75, 3.05) is 20.8 Å². The lowest BCUT2D eigenvalue weighted by atomic mass is 9.95. The Bertz CT molecular complexity index is 1010. The van der Waals surface area contributed by atoms with Gasteiger partial charge in [0.1, 0.15) is 17.2 Å². The van der Waals surface area contributed by atoms with Gasteiger partial charge in [0.2, 0.25) is 0 Å². The molecule has 1 N–H and O–H groups in total. The summed E-state index contributed by atoms with van der Waals surface area (Å²) in [4.78, 5) is 17.1. The Labute approximate surface area is 176 Å². The lowest BCUT2D eigenvalue weighted by Gasteiger charge is -2.14. The van der Waals surface area contributed by atoms with Crippen molar-refractivity contribution in [1.29, 1.82) is 0 Å². The highest BCUT2D eigenvalue weighted by Crippen LogP contribution is 2.30. The number of methoxy groups -OCH3 is 2. The first-order valence-corrected chi connectivity index (χ1v) is 10.2. The molecule has 1 aromatic carbocycles. The van der Waals surface area contributed by atoms with Crippen LogP contribution in [0.15, 0.2) is 42.6 Å². The second-order valence-corrected chi connectivity index (χ2v) is 7.28. The number of carbonyl (C=O) groups is 1. The average Bonchev–Trinajstić information content (AvgIpc) is 3.18. The summed E-state index contributed by atoms with van der Waals surface area (Å²) >= 11 is 0. The van der Waals surface area contributed by atoms with Crippen LogP contribution >= 0.6 is 0 Å². The molecule has 2 aromatic heterocycles. The summed E-state index contributed by atoms with van der Waals surface area (Å²) < 4.78 is 12.5. The lowest BCUT2D eigenvalue weighted by molar-refractivity contribution is 0.0951. The van der Waals surface area contributed by atoms with E-state index in [1.807, 2.05) is 22.9 Å². The van der Waals surface area contributed by atoms with Gasteiger partial charge in [-0.2, -0.15) is 5.10 Å². The van der Waals surface area contributed by atoms with Gasteiger partial charge in [0.15, 0.2) is 0 Å². The largest absolute Gasteiger partial charge is 0.497 e. The molecule has 1 aliphatic rings. The third-order valence-corrected chi connectivity index (χ3v) is 5.39. The number of nitrogens with zero attached hydrogens (tertiary/aromatic N) is 3. The SMILES string of the molecule is COc1cc(OC)cc(C(=O)NCCn2nc(-c3ccccn3)c3c2CCCC3)c1. The van der Waals surface area contributed by atoms with Crippen molar-refractivity contribution in [1.82, 2.24) is 20.1 Å². The predicted octanol–water partition coefficient (Wildman–Crippen LogP) is 3.27. The highest BCUT2D eigenvalue weighted by atomic mass is 16.5. The molecule has 0 aliphatic heterocycles. The smallest absolute Gasteiger partial charge is 0.251 e. The number of hydrogen-bond donors (Lipinski definition) is 1. The van der Waals surface area contributed by atoms with E-state index in [9.17, 15) is 4.79 Å². The van der Waals surface area contributed by atoms with E-state index < -0.39 is 0 Å². The number of carbonyl (C=O) groups excluding carboxylic acids is 1. The Balaban J connectivity index is 1.48. The summed E-state index contributed by atoms with van der Waals surface area (Å²) in [6.45, 7) is 1.09. The minimum atomic E-state index is -0.168. The predicted molar refractivity (Wildman–Crippen MR) is 114 cm³/mol. The molecule has 156 valence electrons. The molecule has 1 amide bonds. The number of amides is 1. The molecule has 0 unspecified atom stereocenters. The number of nitrogens with one attached hydrogen (secondary N) is 1. The maximum Gasteiger partial charge on any atom is 0.251 e. The molecular formula is C23H26N4O3. The summed E-state index contributed by atoms with van der Waals surface area (Å²) in [6, 6.07) is 11.0. The summed E-state index contributed by atoms with van der Waals surface area (Å²) in [5.41, 5.74) is 4.93. The van der Waals surface area contributed by atoms with Crippen LogP contribution in [0.1, 0.15) is 34.5 Å². The van der Waals surface area contributed by atoms with E-state index in [1.165, 1.54) is 17.7 Å². The lowest BCUT2D eigenvalue weighted by Crippen LogP contribution is -2.28. The fourth-order valence-electron chi connectivity index (χ4n) is 3.88. The molecule has 0 atom stereocenters. The number of aromatic nitrogens is 3. The molecule has 4 rings (SSSR count). The van der Waals surface area contributed by atoms with Crippen molar-refractivity contribution in [2.45, 2.75) is 32.2 Å². The summed E-state index contributed by atoms with van der Waals surface area (Å²) in [7, 11) is 3.13. The van der Waals surface area contributed by atoms with Gasteiger partial charge in [-0.25, -0.2) is 0 Å². The molecular weight excluding hydrogens is 380 g/mol. The maximum absolute atomic E-state index is 12.6. The Morgan fingerprint density at radius 1 is 1.10 bits per heavy atom. The molecule has 2 heterocycles. The molecule has 7 nitrogen and oxygen atoms in total. The second kappa shape index (κ2) is 8.98. The van der Waals surface area contributed by atoms with E-state index in [1.54, 1.807) is 38.6 Å². The van der Waals surface area contributed by atoms with Crippen LogP contribution in [0.2, 0.25) is 0 Å². The average molecular weight is 406 g/mol. The van der Waals surface area contributed by atoms with Crippen molar-refractivity contribution in [3.8, 4) is 22.9 Å². The van der Waals surface area contributed by atoms with Crippen LogP contribution in [0.3, 0.4) is 0 Å². The van der Waals surface area contributed by atoms with Gasteiger partial charge in [-0.1, -0.05) is 6.07 Å². The maximum atomic E-state index is 12.6. The van der Waals surface area contributed by atoms with Crippen LogP contribution < -0.4 is 14.8 Å². The number of fused-ring (bicyclic) bond motifs is 1. The second-order valence-electron chi connectivity index (χ2n) is 7.28. The zero-order chi connectivity index (χ0) is 20.9. The van der Waals surface area contributed by atoms with Crippen LogP contribution in [0, 0.1) is 0 Å². The normalized spacial score (nSPS) is 12.9. The molecule has 0 fully saturated rings. The van der Waals surface area contributed by atoms with E-state index in [0.717, 1.165) is 30.7 Å². The molecule has 7 heteroatoms. The van der Waals surface area contributed by atoms with Crippen LogP contribution in [0.4, 0.5) is 0 Å². The Morgan fingerprint density at radius 2 is 1.87 bits per heavy atom. The van der Waals surface area contributed by atoms with E-state index >= 15 is 0 Å². The first kappa shape index (κ1) is 19.9. The van der Waals surface area contributed by atoms with Crippen LogP contribution in [0.5, 0.6) is 11.5 Å². The van der Waals surface area contributed by atoms with Gasteiger partial charge in [-0.3, -0.25) is 14.5 Å². The molecule has 1 aliphatic carbocycles. The fourth-order valence-corrected chi connectivity index (χ4v) is 3.88. The van der Waals surface area contributed by atoms with E-state index in [2.05, 4.69) is 10.3 Å². The Kier molecular flexibility index (Phi) is 5.97. The third kappa shape index (κ3) is 4.15. The minimum Gasteiger partial charge on any atom is -0.497 e. The number of pyridine rings is 1. The molecule has 3 aromatic rings. The molecule has 0 bridgehead atoms. The quantitative estimate of drug-likeness (QED) is 0.652. The number of rotatable bonds is 7. The zero-order valence-electron chi connectivity index (χ0n) is 17.4. The number of benzene rings is 1. The molecule has 0 spiro atoms. The molecule has 0 radical (unpaired) electrons. The standard InChI is InChI=1S/C23H26N4O3/c1-29-17-13-16(14-18(15-17)30-2)23(28)25-11-12-27-21-9-4-3-7-19(21)22(26-27)20-8-5-6-10-24-20/h5-6,8,10,13-15H,3-4,7,9,11-12H2,1-2H3,(H,25,28). The van der Waals surface area contributed by atoms with Crippen molar-refractivity contribution in [2.24, 2.45) is 0 Å². The fraction of sp³-hybridized carbons (Fsp3) is 0.348. The van der Waals surface area contributed by atoms with Crippen LogP contribution in [-0.4, -0.2) is 41.4 Å². The van der Waals surface area contributed by atoms with E-state index in [0.29, 0.717) is 30.2 Å². The highest BCUT2D eigenvalue weighted by molar-refractivity contribution is 5.95. The van der Waals surface area contributed by atoms with Gasteiger partial charge in [-0.15, -0.1) is 0 Å². The summed E-state index contributed by atoms with van der Waals surface area (Å²) in [5, 5.41) is 7.83. The Hall–Kier alpha value is -3.35. The number of ether oxygens (including phenoxy) is 2. The van der Waals surface area contributed by atoms with Crippen molar-refractivity contribution >= 4 is 5.91 Å². The first-order chi connectivity index (χ1) is 14.7. The van der Waals surface area contributed by atoms with E-state index in [-0.39, 0.29) is 5.91 Å². The van der Waals surface area contributed by atoms with Gasteiger partial charge in [0.05, 0.1) is 26.5 Å². The zero-order valence-corrected chi connectivity index (χ0v) is 17.4. The van der Waals surface area contributed by atoms with Crippen LogP contribution in [-0.2, 0) is 19.4 Å². The van der Waals surface area contributed by atoms with Crippen molar-refractivity contribution in [3.63, 3.8) is 0 Å². The minimum absolute atomic E-state index is 0.168. The van der Waals surface area contributed by atoms with Gasteiger partial charge in [-0.05, 0) is 49.9 Å². The van der Waals surface area contributed by atoms with E-state index in [4.69, 9.17) is 14.6 Å². The van der Waals surface area contributed by atoms with Gasteiger partial charge in [0, 0.05) is 35.6 Å². The van der Waals surface area contributed by atoms with Gasteiger partial charge >= 0.3 is 0 Å². The third-order valence-electron chi connectivity index (χ3n) is 5.39. The number of hydrogen-bond acceptors (Lipinski definition) is 5. The van der Waals surface area contributed by atoms with Gasteiger partial charge in [0.25, 0.3) is 5.91 Å². The summed E-state index contributed by atoms with van der Waals surface area (Å²) in [5.74, 6) is 1.000. The summed E-state index contributed by atoms with van der Waals surface area (Å²) in [6.07, 6.45) is 6.17.